The van der Waals surface area contributed by atoms with Gasteiger partial charge in [-0.1, -0.05) is 11.8 Å². The standard InChI is InChI=1S/C15H20N6O2S/c1-23-13-4-2-12(3-5-13)19-6-8-20(9-7-19)14(22)10-24-15-18-17-11-21(15)16/h2-5,11H,6-10,16H2,1H3. The second-order valence-electron chi connectivity index (χ2n) is 5.38. The minimum atomic E-state index is 0.0948. The minimum absolute atomic E-state index is 0.0948. The van der Waals surface area contributed by atoms with E-state index in [4.69, 9.17) is 10.6 Å². The van der Waals surface area contributed by atoms with E-state index in [1.54, 1.807) is 7.11 Å². The Morgan fingerprint density at radius 1 is 1.25 bits per heavy atom. The Kier molecular flexibility index (Phi) is 5.09. The third-order valence-corrected chi connectivity index (χ3v) is 4.88. The van der Waals surface area contributed by atoms with Gasteiger partial charge in [0.2, 0.25) is 11.1 Å². The van der Waals surface area contributed by atoms with E-state index in [9.17, 15) is 4.79 Å². The molecule has 1 saturated heterocycles. The van der Waals surface area contributed by atoms with E-state index in [1.807, 2.05) is 29.2 Å². The van der Waals surface area contributed by atoms with Crippen LogP contribution in [0.5, 0.6) is 5.75 Å². The van der Waals surface area contributed by atoms with E-state index in [2.05, 4.69) is 15.1 Å². The van der Waals surface area contributed by atoms with Gasteiger partial charge < -0.3 is 20.4 Å². The summed E-state index contributed by atoms with van der Waals surface area (Å²) >= 11 is 1.30. The molecule has 1 aliphatic heterocycles. The summed E-state index contributed by atoms with van der Waals surface area (Å²) in [6.45, 7) is 3.05. The number of hydrogen-bond donors (Lipinski definition) is 1. The minimum Gasteiger partial charge on any atom is -0.497 e. The van der Waals surface area contributed by atoms with Crippen LogP contribution in [-0.2, 0) is 4.79 Å². The highest BCUT2D eigenvalue weighted by atomic mass is 32.2. The Morgan fingerprint density at radius 3 is 2.54 bits per heavy atom. The van der Waals surface area contributed by atoms with Crippen LogP contribution in [0.3, 0.4) is 0 Å². The van der Waals surface area contributed by atoms with Crippen molar-refractivity contribution in [3.05, 3.63) is 30.6 Å². The molecule has 1 fully saturated rings. The van der Waals surface area contributed by atoms with Crippen molar-refractivity contribution in [3.63, 3.8) is 0 Å². The average molecular weight is 348 g/mol. The van der Waals surface area contributed by atoms with Gasteiger partial charge in [-0.15, -0.1) is 10.2 Å². The molecule has 1 amide bonds. The van der Waals surface area contributed by atoms with E-state index >= 15 is 0 Å². The number of ether oxygens (including phenoxy) is 1. The van der Waals surface area contributed by atoms with Crippen molar-refractivity contribution < 1.29 is 9.53 Å². The zero-order chi connectivity index (χ0) is 16.9. The molecule has 3 rings (SSSR count). The molecule has 2 heterocycles. The second kappa shape index (κ2) is 7.43. The topological polar surface area (TPSA) is 89.5 Å². The Balaban J connectivity index is 1.49. The molecule has 0 saturated carbocycles. The van der Waals surface area contributed by atoms with E-state index in [0.29, 0.717) is 24.0 Å². The van der Waals surface area contributed by atoms with Gasteiger partial charge in [-0.25, -0.2) is 4.68 Å². The summed E-state index contributed by atoms with van der Waals surface area (Å²) in [6, 6.07) is 7.99. The molecule has 24 heavy (non-hydrogen) atoms. The Hall–Kier alpha value is -2.42. The number of aromatic nitrogens is 3. The number of benzene rings is 1. The number of hydrogen-bond acceptors (Lipinski definition) is 7. The molecular formula is C15H20N6O2S. The van der Waals surface area contributed by atoms with Gasteiger partial charge in [-0.05, 0) is 24.3 Å². The molecule has 0 atom stereocenters. The molecule has 0 aliphatic carbocycles. The van der Waals surface area contributed by atoms with Crippen molar-refractivity contribution in [2.75, 3.05) is 49.8 Å². The molecule has 2 N–H and O–H groups in total. The van der Waals surface area contributed by atoms with Crippen LogP contribution in [0.15, 0.2) is 35.7 Å². The number of carbonyl (C=O) groups excluding carboxylic acids is 1. The molecule has 1 aromatic heterocycles. The summed E-state index contributed by atoms with van der Waals surface area (Å²) < 4.78 is 6.50. The SMILES string of the molecule is COc1ccc(N2CCN(C(=O)CSc3nncn3N)CC2)cc1. The number of nitrogens with two attached hydrogens (primary N) is 1. The summed E-state index contributed by atoms with van der Waals surface area (Å²) in [4.78, 5) is 16.5. The fraction of sp³-hybridized carbons (Fsp3) is 0.400. The number of anilines is 1. The molecule has 1 aromatic carbocycles. The van der Waals surface area contributed by atoms with Gasteiger partial charge in [-0.2, -0.15) is 0 Å². The highest BCUT2D eigenvalue weighted by molar-refractivity contribution is 7.99. The predicted octanol–water partition coefficient (Wildman–Crippen LogP) is 0.441. The zero-order valence-electron chi connectivity index (χ0n) is 13.5. The highest BCUT2D eigenvalue weighted by Crippen LogP contribution is 2.21. The first-order valence-electron chi connectivity index (χ1n) is 7.62. The number of rotatable bonds is 5. The third-order valence-electron chi connectivity index (χ3n) is 3.93. The molecular weight excluding hydrogens is 328 g/mol. The lowest BCUT2D eigenvalue weighted by Gasteiger charge is -2.36. The molecule has 8 nitrogen and oxygen atoms in total. The smallest absolute Gasteiger partial charge is 0.233 e. The zero-order valence-corrected chi connectivity index (χ0v) is 14.3. The van der Waals surface area contributed by atoms with E-state index < -0.39 is 0 Å². The number of carbonyl (C=O) groups is 1. The van der Waals surface area contributed by atoms with Crippen LogP contribution in [0, 0.1) is 0 Å². The summed E-state index contributed by atoms with van der Waals surface area (Å²) in [5, 5.41) is 8.10. The fourth-order valence-electron chi connectivity index (χ4n) is 2.56. The first-order chi connectivity index (χ1) is 11.7. The van der Waals surface area contributed by atoms with Gasteiger partial charge in [0.15, 0.2) is 0 Å². The van der Waals surface area contributed by atoms with Crippen LogP contribution >= 0.6 is 11.8 Å². The molecule has 2 aromatic rings. The molecule has 0 radical (unpaired) electrons. The number of thioether (sulfide) groups is 1. The summed E-state index contributed by atoms with van der Waals surface area (Å²) in [5.41, 5.74) is 1.15. The maximum absolute atomic E-state index is 12.3. The van der Waals surface area contributed by atoms with Crippen molar-refractivity contribution in [1.29, 1.82) is 0 Å². The predicted molar refractivity (Wildman–Crippen MR) is 92.7 cm³/mol. The fourth-order valence-corrected chi connectivity index (χ4v) is 3.30. The molecule has 0 unspecified atom stereocenters. The molecule has 9 heteroatoms. The number of nitrogens with zero attached hydrogens (tertiary/aromatic N) is 5. The Morgan fingerprint density at radius 2 is 1.96 bits per heavy atom. The van der Waals surface area contributed by atoms with E-state index in [1.165, 1.54) is 22.8 Å². The van der Waals surface area contributed by atoms with Gasteiger partial charge in [0.25, 0.3) is 0 Å². The van der Waals surface area contributed by atoms with Crippen molar-refractivity contribution in [3.8, 4) is 5.75 Å². The maximum atomic E-state index is 12.3. The van der Waals surface area contributed by atoms with Crippen LogP contribution in [0.4, 0.5) is 5.69 Å². The number of piperazine rings is 1. The monoisotopic (exact) mass is 348 g/mol. The van der Waals surface area contributed by atoms with Crippen molar-refractivity contribution in [2.45, 2.75) is 5.16 Å². The second-order valence-corrected chi connectivity index (χ2v) is 6.32. The lowest BCUT2D eigenvalue weighted by molar-refractivity contribution is -0.128. The average Bonchev–Trinajstić information content (AvgIpc) is 3.05. The van der Waals surface area contributed by atoms with Crippen molar-refractivity contribution >= 4 is 23.4 Å². The van der Waals surface area contributed by atoms with E-state index in [0.717, 1.165) is 24.5 Å². The molecule has 1 aliphatic rings. The van der Waals surface area contributed by atoms with Gasteiger partial charge in [-0.3, -0.25) is 4.79 Å². The van der Waals surface area contributed by atoms with E-state index in [-0.39, 0.29) is 5.91 Å². The van der Waals surface area contributed by atoms with Gasteiger partial charge >= 0.3 is 0 Å². The van der Waals surface area contributed by atoms with Gasteiger partial charge in [0.05, 0.1) is 12.9 Å². The number of nitrogen functional groups attached to an aromatic ring is 1. The first kappa shape index (κ1) is 16.4. The van der Waals surface area contributed by atoms with Crippen LogP contribution in [0.1, 0.15) is 0 Å². The van der Waals surface area contributed by atoms with Crippen LogP contribution in [0.25, 0.3) is 0 Å². The molecule has 128 valence electrons. The quantitative estimate of drug-likeness (QED) is 0.619. The maximum Gasteiger partial charge on any atom is 0.233 e. The molecule has 0 spiro atoms. The first-order valence-corrected chi connectivity index (χ1v) is 8.60. The lowest BCUT2D eigenvalue weighted by Crippen LogP contribution is -2.49. The van der Waals surface area contributed by atoms with Crippen LogP contribution in [-0.4, -0.2) is 64.7 Å². The van der Waals surface area contributed by atoms with Crippen molar-refractivity contribution in [2.24, 2.45) is 0 Å². The Labute approximate surface area is 144 Å². The largest absolute Gasteiger partial charge is 0.497 e. The summed E-state index contributed by atoms with van der Waals surface area (Å²) in [7, 11) is 1.66. The van der Waals surface area contributed by atoms with Crippen LogP contribution in [0.2, 0.25) is 0 Å². The number of amides is 1. The van der Waals surface area contributed by atoms with Gasteiger partial charge in [0.1, 0.15) is 12.1 Å². The summed E-state index contributed by atoms with van der Waals surface area (Å²) in [5.74, 6) is 6.90. The normalized spacial score (nSPS) is 14.7. The summed E-state index contributed by atoms with van der Waals surface area (Å²) in [6.07, 6.45) is 1.42. The third kappa shape index (κ3) is 3.73. The Bertz CT molecular complexity index is 682. The highest BCUT2D eigenvalue weighted by Gasteiger charge is 2.21. The van der Waals surface area contributed by atoms with Crippen molar-refractivity contribution in [1.82, 2.24) is 19.8 Å². The molecule has 0 bridgehead atoms. The lowest BCUT2D eigenvalue weighted by atomic mass is 10.2. The van der Waals surface area contributed by atoms with Crippen LogP contribution < -0.4 is 15.5 Å². The number of methoxy groups -OCH3 is 1. The van der Waals surface area contributed by atoms with Gasteiger partial charge in [0, 0.05) is 31.9 Å².